The molecule has 0 aliphatic rings. The Kier molecular flexibility index (Phi) is 4.21. The second-order valence-corrected chi connectivity index (χ2v) is 3.96. The molecule has 2 aromatic rings. The van der Waals surface area contributed by atoms with Gasteiger partial charge in [0, 0.05) is 12.6 Å². The van der Waals surface area contributed by atoms with E-state index in [1.807, 2.05) is 0 Å². The number of benzene rings is 1. The summed E-state index contributed by atoms with van der Waals surface area (Å²) in [5.41, 5.74) is -0.692. The fraction of sp³-hybridized carbons (Fsp3) is 0.167. The Hall–Kier alpha value is -2.84. The summed E-state index contributed by atoms with van der Waals surface area (Å²) in [6.07, 6.45) is 1.09. The zero-order valence-corrected chi connectivity index (χ0v) is 10.9. The van der Waals surface area contributed by atoms with Gasteiger partial charge in [-0.1, -0.05) is 0 Å². The topological polar surface area (TPSA) is 93.0 Å². The summed E-state index contributed by atoms with van der Waals surface area (Å²) in [6.45, 7) is 2.15. The fourth-order valence-corrected chi connectivity index (χ4v) is 1.66. The summed E-state index contributed by atoms with van der Waals surface area (Å²) < 4.78 is 26.7. The van der Waals surface area contributed by atoms with Gasteiger partial charge in [-0.2, -0.15) is 0 Å². The van der Waals surface area contributed by atoms with Crippen molar-refractivity contribution in [2.75, 3.05) is 17.2 Å². The molecule has 0 aliphatic carbocycles. The van der Waals surface area contributed by atoms with Crippen LogP contribution in [0, 0.1) is 21.7 Å². The number of nitrogens with zero attached hydrogens (tertiary/aromatic N) is 3. The summed E-state index contributed by atoms with van der Waals surface area (Å²) >= 11 is 0. The third-order valence-electron chi connectivity index (χ3n) is 2.53. The highest BCUT2D eigenvalue weighted by Gasteiger charge is 2.23. The predicted molar refractivity (Wildman–Crippen MR) is 72.5 cm³/mol. The van der Waals surface area contributed by atoms with Crippen LogP contribution in [0.3, 0.4) is 0 Å². The lowest BCUT2D eigenvalue weighted by atomic mass is 10.3. The lowest BCUT2D eigenvalue weighted by Gasteiger charge is -2.09. The first-order valence-electron chi connectivity index (χ1n) is 5.98. The normalized spacial score (nSPS) is 10.2. The van der Waals surface area contributed by atoms with Crippen molar-refractivity contribution < 1.29 is 13.7 Å². The molecule has 2 N–H and O–H groups in total. The van der Waals surface area contributed by atoms with Crippen molar-refractivity contribution in [3.05, 3.63) is 46.3 Å². The molecule has 21 heavy (non-hydrogen) atoms. The van der Waals surface area contributed by atoms with Gasteiger partial charge in [-0.3, -0.25) is 10.1 Å². The first kappa shape index (κ1) is 14.6. The maximum atomic E-state index is 13.6. The molecule has 110 valence electrons. The third kappa shape index (κ3) is 3.19. The van der Waals surface area contributed by atoms with Gasteiger partial charge in [-0.15, -0.1) is 0 Å². The van der Waals surface area contributed by atoms with Crippen LogP contribution in [-0.4, -0.2) is 21.4 Å². The second kappa shape index (κ2) is 6.07. The average molecular weight is 295 g/mol. The van der Waals surface area contributed by atoms with Gasteiger partial charge >= 0.3 is 5.69 Å². The van der Waals surface area contributed by atoms with E-state index in [1.54, 1.807) is 6.92 Å². The van der Waals surface area contributed by atoms with E-state index < -0.39 is 22.2 Å². The SMILES string of the molecule is CCNc1ncnc(Nc2cc(F)ccc2F)c1[N+](=O)[O-]. The maximum Gasteiger partial charge on any atom is 0.353 e. The quantitative estimate of drug-likeness (QED) is 0.651. The van der Waals surface area contributed by atoms with E-state index in [4.69, 9.17) is 0 Å². The summed E-state index contributed by atoms with van der Waals surface area (Å²) in [4.78, 5) is 17.9. The van der Waals surface area contributed by atoms with Gasteiger partial charge in [0.05, 0.1) is 10.6 Å². The van der Waals surface area contributed by atoms with E-state index in [0.717, 1.165) is 24.5 Å². The molecule has 0 aliphatic heterocycles. The highest BCUT2D eigenvalue weighted by Crippen LogP contribution is 2.31. The van der Waals surface area contributed by atoms with Crippen LogP contribution in [0.5, 0.6) is 0 Å². The van der Waals surface area contributed by atoms with Crippen LogP contribution in [0.25, 0.3) is 0 Å². The zero-order chi connectivity index (χ0) is 15.4. The molecule has 0 bridgehead atoms. The van der Waals surface area contributed by atoms with Gasteiger partial charge in [-0.05, 0) is 19.1 Å². The van der Waals surface area contributed by atoms with Crippen LogP contribution in [0.2, 0.25) is 0 Å². The molecule has 1 aromatic carbocycles. The number of anilines is 3. The van der Waals surface area contributed by atoms with E-state index in [-0.39, 0.29) is 17.3 Å². The summed E-state index contributed by atoms with van der Waals surface area (Å²) in [6, 6.07) is 2.74. The van der Waals surface area contributed by atoms with Gasteiger partial charge in [-0.25, -0.2) is 18.7 Å². The molecule has 0 unspecified atom stereocenters. The van der Waals surface area contributed by atoms with Crippen LogP contribution in [0.4, 0.5) is 31.8 Å². The minimum atomic E-state index is -0.755. The fourth-order valence-electron chi connectivity index (χ4n) is 1.66. The van der Waals surface area contributed by atoms with Crippen molar-refractivity contribution >= 4 is 23.0 Å². The van der Waals surface area contributed by atoms with Crippen LogP contribution in [0.15, 0.2) is 24.5 Å². The minimum absolute atomic E-state index is 0.00295. The maximum absolute atomic E-state index is 13.6. The van der Waals surface area contributed by atoms with Gasteiger partial charge in [0.2, 0.25) is 11.6 Å². The molecule has 7 nitrogen and oxygen atoms in total. The van der Waals surface area contributed by atoms with Crippen LogP contribution in [0.1, 0.15) is 6.92 Å². The molecule has 2 rings (SSSR count). The van der Waals surface area contributed by atoms with Crippen molar-refractivity contribution in [1.29, 1.82) is 0 Å². The molecule has 1 heterocycles. The standard InChI is InChI=1S/C12H11F2N5O2/c1-2-15-11-10(19(20)21)12(17-6-16-11)18-9-5-7(13)3-4-8(9)14/h3-6H,2H2,1H3,(H2,15,16,17,18). The first-order chi connectivity index (χ1) is 10.0. The molecule has 9 heteroatoms. The highest BCUT2D eigenvalue weighted by molar-refractivity contribution is 5.73. The number of halogens is 2. The van der Waals surface area contributed by atoms with Gasteiger partial charge in [0.25, 0.3) is 0 Å². The molecule has 0 saturated heterocycles. The molecule has 0 saturated carbocycles. The molecular weight excluding hydrogens is 284 g/mol. The van der Waals surface area contributed by atoms with Crippen LogP contribution < -0.4 is 10.6 Å². The zero-order valence-electron chi connectivity index (χ0n) is 10.9. The Labute approximate surface area is 118 Å². The Balaban J connectivity index is 2.46. The van der Waals surface area contributed by atoms with E-state index in [0.29, 0.717) is 6.54 Å². The predicted octanol–water partition coefficient (Wildman–Crippen LogP) is 2.84. The lowest BCUT2D eigenvalue weighted by molar-refractivity contribution is -0.383. The monoisotopic (exact) mass is 295 g/mol. The molecular formula is C12H11F2N5O2. The van der Waals surface area contributed by atoms with Crippen molar-refractivity contribution in [2.45, 2.75) is 6.92 Å². The van der Waals surface area contributed by atoms with E-state index in [9.17, 15) is 18.9 Å². The number of hydrogen-bond donors (Lipinski definition) is 2. The third-order valence-corrected chi connectivity index (χ3v) is 2.53. The molecule has 0 radical (unpaired) electrons. The largest absolute Gasteiger partial charge is 0.364 e. The Morgan fingerprint density at radius 3 is 2.67 bits per heavy atom. The number of nitro groups is 1. The van der Waals surface area contributed by atoms with E-state index in [1.165, 1.54) is 0 Å². The van der Waals surface area contributed by atoms with Gasteiger partial charge < -0.3 is 10.6 Å². The molecule has 0 spiro atoms. The highest BCUT2D eigenvalue weighted by atomic mass is 19.1. The van der Waals surface area contributed by atoms with Crippen molar-refractivity contribution in [2.24, 2.45) is 0 Å². The first-order valence-corrected chi connectivity index (χ1v) is 5.98. The Morgan fingerprint density at radius 1 is 1.29 bits per heavy atom. The molecule has 0 amide bonds. The van der Waals surface area contributed by atoms with Crippen LogP contribution in [-0.2, 0) is 0 Å². The molecule has 0 fully saturated rings. The van der Waals surface area contributed by atoms with E-state index in [2.05, 4.69) is 20.6 Å². The summed E-state index contributed by atoms with van der Waals surface area (Å²) in [5.74, 6) is -1.66. The average Bonchev–Trinajstić information content (AvgIpc) is 2.43. The Morgan fingerprint density at radius 2 is 2.00 bits per heavy atom. The number of aromatic nitrogens is 2. The lowest BCUT2D eigenvalue weighted by Crippen LogP contribution is -2.08. The number of rotatable bonds is 5. The van der Waals surface area contributed by atoms with Gasteiger partial charge in [0.15, 0.2) is 0 Å². The van der Waals surface area contributed by atoms with Crippen LogP contribution >= 0.6 is 0 Å². The van der Waals surface area contributed by atoms with E-state index >= 15 is 0 Å². The Bertz CT molecular complexity index is 681. The minimum Gasteiger partial charge on any atom is -0.364 e. The number of nitrogens with one attached hydrogen (secondary N) is 2. The molecule has 0 atom stereocenters. The smallest absolute Gasteiger partial charge is 0.353 e. The second-order valence-electron chi connectivity index (χ2n) is 3.96. The summed E-state index contributed by atoms with van der Waals surface area (Å²) in [7, 11) is 0. The van der Waals surface area contributed by atoms with Crippen molar-refractivity contribution in [3.8, 4) is 0 Å². The van der Waals surface area contributed by atoms with Gasteiger partial charge in [0.1, 0.15) is 18.0 Å². The van der Waals surface area contributed by atoms with Crippen molar-refractivity contribution in [1.82, 2.24) is 9.97 Å². The molecule has 1 aromatic heterocycles. The summed E-state index contributed by atoms with van der Waals surface area (Å²) in [5, 5.41) is 16.3. The van der Waals surface area contributed by atoms with Crippen molar-refractivity contribution in [3.63, 3.8) is 0 Å². The number of hydrogen-bond acceptors (Lipinski definition) is 6.